The van der Waals surface area contributed by atoms with Gasteiger partial charge in [0.15, 0.2) is 0 Å². The quantitative estimate of drug-likeness (QED) is 0.851. The highest BCUT2D eigenvalue weighted by atomic mass is 35.5. The first-order valence-corrected chi connectivity index (χ1v) is 8.49. The lowest BCUT2D eigenvalue weighted by Gasteiger charge is -2.22. The number of rotatable bonds is 4. The van der Waals surface area contributed by atoms with E-state index in [4.69, 9.17) is 16.3 Å². The fourth-order valence-corrected chi connectivity index (χ4v) is 3.72. The van der Waals surface area contributed by atoms with Crippen molar-refractivity contribution in [2.75, 3.05) is 18.5 Å². The highest BCUT2D eigenvalue weighted by Gasteiger charge is 2.23. The standard InChI is InChI=1S/C16H18ClNO3S/c1-11-5-6-13(17)10-15(11)18(3)22(19,20)14-7-8-16(21-4)12(2)9-14/h5-10H,1-4H3. The molecule has 0 atom stereocenters. The number of ether oxygens (including phenoxy) is 1. The molecule has 4 nitrogen and oxygen atoms in total. The van der Waals surface area contributed by atoms with Crippen LogP contribution in [0.15, 0.2) is 41.3 Å². The van der Waals surface area contributed by atoms with Crippen LogP contribution >= 0.6 is 11.6 Å². The predicted molar refractivity (Wildman–Crippen MR) is 89.5 cm³/mol. The third kappa shape index (κ3) is 3.05. The molecule has 0 radical (unpaired) electrons. The number of aryl methyl sites for hydroxylation is 2. The van der Waals surface area contributed by atoms with Gasteiger partial charge in [-0.1, -0.05) is 17.7 Å². The van der Waals surface area contributed by atoms with Crippen molar-refractivity contribution in [2.45, 2.75) is 18.7 Å². The van der Waals surface area contributed by atoms with Crippen LogP contribution in [0.3, 0.4) is 0 Å². The number of halogens is 1. The normalized spacial score (nSPS) is 11.3. The van der Waals surface area contributed by atoms with Gasteiger partial charge in [-0.2, -0.15) is 0 Å². The van der Waals surface area contributed by atoms with E-state index in [2.05, 4.69) is 0 Å². The van der Waals surface area contributed by atoms with Crippen LogP contribution in [0.5, 0.6) is 5.75 Å². The summed E-state index contributed by atoms with van der Waals surface area (Å²) in [6.07, 6.45) is 0. The predicted octanol–water partition coefficient (Wildman–Crippen LogP) is 3.79. The molecule has 6 heteroatoms. The van der Waals surface area contributed by atoms with Gasteiger partial charge in [0.25, 0.3) is 10.0 Å². The zero-order valence-electron chi connectivity index (χ0n) is 12.9. The number of benzene rings is 2. The molecule has 118 valence electrons. The van der Waals surface area contributed by atoms with Gasteiger partial charge in [0.05, 0.1) is 17.7 Å². The van der Waals surface area contributed by atoms with Gasteiger partial charge in [-0.3, -0.25) is 4.31 Å². The summed E-state index contributed by atoms with van der Waals surface area (Å²) >= 11 is 5.98. The molecular weight excluding hydrogens is 322 g/mol. The Balaban J connectivity index is 2.49. The summed E-state index contributed by atoms with van der Waals surface area (Å²) in [6, 6.07) is 9.97. The topological polar surface area (TPSA) is 46.6 Å². The summed E-state index contributed by atoms with van der Waals surface area (Å²) in [6.45, 7) is 3.65. The lowest BCUT2D eigenvalue weighted by Crippen LogP contribution is -2.27. The maximum absolute atomic E-state index is 12.8. The second-order valence-corrected chi connectivity index (χ2v) is 7.44. The van der Waals surface area contributed by atoms with Gasteiger partial charge in [-0.15, -0.1) is 0 Å². The van der Waals surface area contributed by atoms with Crippen molar-refractivity contribution in [3.63, 3.8) is 0 Å². The first kappa shape index (κ1) is 16.6. The van der Waals surface area contributed by atoms with Gasteiger partial charge in [0.1, 0.15) is 5.75 Å². The molecule has 2 aromatic rings. The molecule has 0 N–H and O–H groups in total. The third-order valence-corrected chi connectivity index (χ3v) is 5.54. The molecule has 0 bridgehead atoms. The van der Waals surface area contributed by atoms with Crippen molar-refractivity contribution >= 4 is 27.3 Å². The minimum Gasteiger partial charge on any atom is -0.496 e. The summed E-state index contributed by atoms with van der Waals surface area (Å²) < 4.78 is 32.0. The highest BCUT2D eigenvalue weighted by Crippen LogP contribution is 2.29. The van der Waals surface area contributed by atoms with Crippen molar-refractivity contribution in [1.82, 2.24) is 0 Å². The molecule has 0 aliphatic rings. The molecule has 0 fully saturated rings. The van der Waals surface area contributed by atoms with Gasteiger partial charge in [-0.25, -0.2) is 8.42 Å². The second-order valence-electron chi connectivity index (χ2n) is 5.03. The smallest absolute Gasteiger partial charge is 0.264 e. The number of sulfonamides is 1. The Hall–Kier alpha value is -1.72. The van der Waals surface area contributed by atoms with Crippen molar-refractivity contribution in [3.8, 4) is 5.75 Å². The molecule has 0 saturated heterocycles. The van der Waals surface area contributed by atoms with Gasteiger partial charge in [-0.05, 0) is 55.3 Å². The first-order chi connectivity index (χ1) is 10.3. The molecule has 0 unspecified atom stereocenters. The molecule has 0 amide bonds. The Morgan fingerprint density at radius 2 is 1.73 bits per heavy atom. The summed E-state index contributed by atoms with van der Waals surface area (Å²) in [5.74, 6) is 0.653. The van der Waals surface area contributed by atoms with Gasteiger partial charge >= 0.3 is 0 Å². The van der Waals surface area contributed by atoms with Gasteiger partial charge < -0.3 is 4.74 Å². The number of nitrogens with zero attached hydrogens (tertiary/aromatic N) is 1. The van der Waals surface area contributed by atoms with Crippen LogP contribution in [0.4, 0.5) is 5.69 Å². The summed E-state index contributed by atoms with van der Waals surface area (Å²) in [5, 5.41) is 0.494. The van der Waals surface area contributed by atoms with E-state index in [-0.39, 0.29) is 4.90 Å². The molecule has 0 aliphatic carbocycles. The van der Waals surface area contributed by atoms with E-state index in [0.29, 0.717) is 16.5 Å². The largest absolute Gasteiger partial charge is 0.496 e. The van der Waals surface area contributed by atoms with Crippen LogP contribution in [0, 0.1) is 13.8 Å². The number of anilines is 1. The molecule has 2 aromatic carbocycles. The fourth-order valence-electron chi connectivity index (χ4n) is 2.22. The van der Waals surface area contributed by atoms with Crippen LogP contribution in [-0.2, 0) is 10.0 Å². The van der Waals surface area contributed by atoms with Crippen LogP contribution < -0.4 is 9.04 Å². The Morgan fingerprint density at radius 3 is 2.32 bits per heavy atom. The maximum Gasteiger partial charge on any atom is 0.264 e. The molecule has 0 saturated carbocycles. The van der Waals surface area contributed by atoms with E-state index in [0.717, 1.165) is 11.1 Å². The number of hydrogen-bond donors (Lipinski definition) is 0. The van der Waals surface area contributed by atoms with Crippen LogP contribution in [0.2, 0.25) is 5.02 Å². The van der Waals surface area contributed by atoms with Crippen molar-refractivity contribution in [2.24, 2.45) is 0 Å². The van der Waals surface area contributed by atoms with Crippen LogP contribution in [0.25, 0.3) is 0 Å². The van der Waals surface area contributed by atoms with E-state index in [1.807, 2.05) is 13.8 Å². The van der Waals surface area contributed by atoms with E-state index in [1.54, 1.807) is 37.4 Å². The minimum absolute atomic E-state index is 0.215. The third-order valence-electron chi connectivity index (χ3n) is 3.54. The molecule has 0 spiro atoms. The lowest BCUT2D eigenvalue weighted by molar-refractivity contribution is 0.411. The summed E-state index contributed by atoms with van der Waals surface area (Å²) in [5.41, 5.74) is 2.15. The Bertz CT molecular complexity index is 803. The van der Waals surface area contributed by atoms with E-state index >= 15 is 0 Å². The van der Waals surface area contributed by atoms with Crippen LogP contribution in [0.1, 0.15) is 11.1 Å². The van der Waals surface area contributed by atoms with E-state index < -0.39 is 10.0 Å². The summed E-state index contributed by atoms with van der Waals surface area (Å²) in [4.78, 5) is 0.215. The zero-order chi connectivity index (χ0) is 16.5. The van der Waals surface area contributed by atoms with Crippen molar-refractivity contribution in [1.29, 1.82) is 0 Å². The zero-order valence-corrected chi connectivity index (χ0v) is 14.5. The van der Waals surface area contributed by atoms with Crippen molar-refractivity contribution in [3.05, 3.63) is 52.5 Å². The minimum atomic E-state index is -3.66. The Kier molecular flexibility index (Phi) is 4.68. The monoisotopic (exact) mass is 339 g/mol. The number of methoxy groups -OCH3 is 1. The summed E-state index contributed by atoms with van der Waals surface area (Å²) in [7, 11) is -0.585. The second kappa shape index (κ2) is 6.18. The molecule has 0 heterocycles. The number of hydrogen-bond acceptors (Lipinski definition) is 3. The lowest BCUT2D eigenvalue weighted by atomic mass is 10.2. The molecule has 2 rings (SSSR count). The van der Waals surface area contributed by atoms with E-state index in [1.165, 1.54) is 17.4 Å². The van der Waals surface area contributed by atoms with Crippen LogP contribution in [-0.4, -0.2) is 22.6 Å². The molecule has 0 aromatic heterocycles. The van der Waals surface area contributed by atoms with Gasteiger partial charge in [0, 0.05) is 12.1 Å². The average Bonchev–Trinajstić information content (AvgIpc) is 2.48. The maximum atomic E-state index is 12.8. The van der Waals surface area contributed by atoms with Gasteiger partial charge in [0.2, 0.25) is 0 Å². The Labute approximate surface area is 136 Å². The molecular formula is C16H18ClNO3S. The van der Waals surface area contributed by atoms with E-state index in [9.17, 15) is 8.42 Å². The molecule has 22 heavy (non-hydrogen) atoms. The highest BCUT2D eigenvalue weighted by molar-refractivity contribution is 7.92. The Morgan fingerprint density at radius 1 is 1.05 bits per heavy atom. The first-order valence-electron chi connectivity index (χ1n) is 6.67. The van der Waals surface area contributed by atoms with Crippen molar-refractivity contribution < 1.29 is 13.2 Å². The SMILES string of the molecule is COc1ccc(S(=O)(=O)N(C)c2cc(Cl)ccc2C)cc1C. The molecule has 0 aliphatic heterocycles. The fraction of sp³-hybridized carbons (Fsp3) is 0.250. The average molecular weight is 340 g/mol.